The Labute approximate surface area is 164 Å². The first-order valence-corrected chi connectivity index (χ1v) is 11.1. The summed E-state index contributed by atoms with van der Waals surface area (Å²) >= 11 is 0. The highest BCUT2D eigenvalue weighted by Crippen LogP contribution is 2.24. The number of nitrogens with one attached hydrogen (secondary N) is 1. The third-order valence-corrected chi connectivity index (χ3v) is 6.71. The molecule has 1 aromatic rings. The number of carbonyl (C=O) groups is 1. The maximum Gasteiger partial charge on any atom is 0.254 e. The first-order valence-electron chi connectivity index (χ1n) is 11.1. The lowest BCUT2D eigenvalue weighted by atomic mass is 9.90. The molecule has 0 spiro atoms. The SMILES string of the molecule is O=C(c1cccc(CC2CCNCC2)c1)N1CCCC[C@H]1CN1CCCC1. The molecular formula is C23H35N3O. The summed E-state index contributed by atoms with van der Waals surface area (Å²) in [5.74, 6) is 1.01. The molecule has 3 heterocycles. The van der Waals surface area contributed by atoms with Gasteiger partial charge in [0.25, 0.3) is 5.91 Å². The summed E-state index contributed by atoms with van der Waals surface area (Å²) in [6.07, 6.45) is 9.83. The number of benzene rings is 1. The van der Waals surface area contributed by atoms with Crippen molar-refractivity contribution in [2.75, 3.05) is 39.3 Å². The van der Waals surface area contributed by atoms with Crippen molar-refractivity contribution in [2.45, 2.75) is 57.4 Å². The largest absolute Gasteiger partial charge is 0.334 e. The lowest BCUT2D eigenvalue weighted by Crippen LogP contribution is -2.49. The van der Waals surface area contributed by atoms with Crippen LogP contribution in [0.25, 0.3) is 0 Å². The number of carbonyl (C=O) groups excluding carboxylic acids is 1. The van der Waals surface area contributed by atoms with E-state index in [0.717, 1.165) is 56.9 Å². The van der Waals surface area contributed by atoms with E-state index in [2.05, 4.69) is 33.3 Å². The van der Waals surface area contributed by atoms with Gasteiger partial charge in [0.2, 0.25) is 0 Å². The fourth-order valence-corrected chi connectivity index (χ4v) is 5.14. The molecule has 3 aliphatic heterocycles. The Morgan fingerprint density at radius 2 is 1.78 bits per heavy atom. The van der Waals surface area contributed by atoms with E-state index in [9.17, 15) is 4.79 Å². The molecular weight excluding hydrogens is 334 g/mol. The summed E-state index contributed by atoms with van der Waals surface area (Å²) < 4.78 is 0. The van der Waals surface area contributed by atoms with Gasteiger partial charge in [-0.2, -0.15) is 0 Å². The molecule has 1 amide bonds. The van der Waals surface area contributed by atoms with Gasteiger partial charge in [0.1, 0.15) is 0 Å². The van der Waals surface area contributed by atoms with Crippen molar-refractivity contribution in [3.63, 3.8) is 0 Å². The first kappa shape index (κ1) is 18.9. The summed E-state index contributed by atoms with van der Waals surface area (Å²) in [6, 6.07) is 8.89. The van der Waals surface area contributed by atoms with E-state index >= 15 is 0 Å². The second-order valence-electron chi connectivity index (χ2n) is 8.75. The van der Waals surface area contributed by atoms with Crippen molar-refractivity contribution in [1.29, 1.82) is 0 Å². The second kappa shape index (κ2) is 9.20. The van der Waals surface area contributed by atoms with Crippen molar-refractivity contribution in [2.24, 2.45) is 5.92 Å². The van der Waals surface area contributed by atoms with E-state index in [4.69, 9.17) is 0 Å². The molecule has 1 aromatic carbocycles. The molecule has 148 valence electrons. The molecule has 4 heteroatoms. The molecule has 1 atom stereocenters. The molecule has 27 heavy (non-hydrogen) atoms. The quantitative estimate of drug-likeness (QED) is 0.865. The van der Waals surface area contributed by atoms with Crippen LogP contribution in [0.15, 0.2) is 24.3 Å². The lowest BCUT2D eigenvalue weighted by molar-refractivity contribution is 0.0560. The van der Waals surface area contributed by atoms with Gasteiger partial charge in [-0.1, -0.05) is 12.1 Å². The van der Waals surface area contributed by atoms with E-state index in [-0.39, 0.29) is 5.91 Å². The number of hydrogen-bond donors (Lipinski definition) is 1. The highest BCUT2D eigenvalue weighted by Gasteiger charge is 2.29. The van der Waals surface area contributed by atoms with Gasteiger partial charge >= 0.3 is 0 Å². The van der Waals surface area contributed by atoms with Gasteiger partial charge in [0.05, 0.1) is 0 Å². The zero-order valence-corrected chi connectivity index (χ0v) is 16.7. The third kappa shape index (κ3) is 4.91. The topological polar surface area (TPSA) is 35.6 Å². The zero-order valence-electron chi connectivity index (χ0n) is 16.7. The summed E-state index contributed by atoms with van der Waals surface area (Å²) in [5, 5.41) is 3.44. The van der Waals surface area contributed by atoms with Crippen molar-refractivity contribution < 1.29 is 4.79 Å². The minimum absolute atomic E-state index is 0.256. The maximum atomic E-state index is 13.3. The van der Waals surface area contributed by atoms with E-state index in [1.54, 1.807) is 0 Å². The molecule has 0 aromatic heterocycles. The number of amides is 1. The monoisotopic (exact) mass is 369 g/mol. The molecule has 3 fully saturated rings. The molecule has 0 bridgehead atoms. The van der Waals surface area contributed by atoms with E-state index in [1.807, 2.05) is 6.07 Å². The van der Waals surface area contributed by atoms with Crippen molar-refractivity contribution in [3.8, 4) is 0 Å². The molecule has 3 saturated heterocycles. The average molecular weight is 370 g/mol. The molecule has 4 nitrogen and oxygen atoms in total. The van der Waals surface area contributed by atoms with Gasteiger partial charge < -0.3 is 15.1 Å². The van der Waals surface area contributed by atoms with Gasteiger partial charge in [0, 0.05) is 24.7 Å². The third-order valence-electron chi connectivity index (χ3n) is 6.71. The highest BCUT2D eigenvalue weighted by atomic mass is 16.2. The van der Waals surface area contributed by atoms with Crippen LogP contribution >= 0.6 is 0 Å². The summed E-state index contributed by atoms with van der Waals surface area (Å²) in [7, 11) is 0. The fourth-order valence-electron chi connectivity index (χ4n) is 5.14. The van der Waals surface area contributed by atoms with Crippen LogP contribution in [-0.2, 0) is 6.42 Å². The van der Waals surface area contributed by atoms with Crippen molar-refractivity contribution in [1.82, 2.24) is 15.1 Å². The van der Waals surface area contributed by atoms with Crippen LogP contribution in [-0.4, -0.2) is 61.0 Å². The Morgan fingerprint density at radius 1 is 1.00 bits per heavy atom. The Morgan fingerprint density at radius 3 is 2.59 bits per heavy atom. The van der Waals surface area contributed by atoms with Gasteiger partial charge in [-0.15, -0.1) is 0 Å². The first-order chi connectivity index (χ1) is 13.3. The van der Waals surface area contributed by atoms with Gasteiger partial charge in [0.15, 0.2) is 0 Å². The Bertz CT molecular complexity index is 620. The normalized spacial score (nSPS) is 25.0. The van der Waals surface area contributed by atoms with Crippen LogP contribution in [0.1, 0.15) is 60.9 Å². The van der Waals surface area contributed by atoms with Gasteiger partial charge in [-0.3, -0.25) is 4.79 Å². The van der Waals surface area contributed by atoms with Crippen LogP contribution in [0.3, 0.4) is 0 Å². The second-order valence-corrected chi connectivity index (χ2v) is 8.75. The Kier molecular flexibility index (Phi) is 6.46. The van der Waals surface area contributed by atoms with E-state index < -0.39 is 0 Å². The molecule has 1 N–H and O–H groups in total. The van der Waals surface area contributed by atoms with Crippen LogP contribution in [0.2, 0.25) is 0 Å². The number of hydrogen-bond acceptors (Lipinski definition) is 3. The van der Waals surface area contributed by atoms with Crippen molar-refractivity contribution in [3.05, 3.63) is 35.4 Å². The average Bonchev–Trinajstić information content (AvgIpc) is 3.22. The standard InChI is InChI=1S/C23H35N3O/c27-23(26-15-2-1-8-22(26)18-25-13-3-4-14-25)21-7-5-6-20(17-21)16-19-9-11-24-12-10-19/h5-7,17,19,22,24H,1-4,8-16,18H2/t22-/m0/s1. The molecule has 0 radical (unpaired) electrons. The smallest absolute Gasteiger partial charge is 0.254 e. The number of nitrogens with zero attached hydrogens (tertiary/aromatic N) is 2. The highest BCUT2D eigenvalue weighted by molar-refractivity contribution is 5.94. The molecule has 0 unspecified atom stereocenters. The summed E-state index contributed by atoms with van der Waals surface area (Å²) in [4.78, 5) is 18.1. The minimum atomic E-state index is 0.256. The van der Waals surface area contributed by atoms with E-state index in [0.29, 0.717) is 6.04 Å². The summed E-state index contributed by atoms with van der Waals surface area (Å²) in [6.45, 7) is 6.69. The van der Waals surface area contributed by atoms with Crippen LogP contribution in [0.5, 0.6) is 0 Å². The van der Waals surface area contributed by atoms with Gasteiger partial charge in [-0.25, -0.2) is 0 Å². The fraction of sp³-hybridized carbons (Fsp3) is 0.696. The molecule has 0 aliphatic carbocycles. The van der Waals surface area contributed by atoms with Crippen LogP contribution in [0.4, 0.5) is 0 Å². The zero-order chi connectivity index (χ0) is 18.5. The van der Waals surface area contributed by atoms with Crippen LogP contribution < -0.4 is 5.32 Å². The lowest BCUT2D eigenvalue weighted by Gasteiger charge is -2.38. The van der Waals surface area contributed by atoms with E-state index in [1.165, 1.54) is 50.8 Å². The minimum Gasteiger partial charge on any atom is -0.334 e. The molecule has 3 aliphatic rings. The van der Waals surface area contributed by atoms with Gasteiger partial charge in [-0.05, 0) is 101 Å². The maximum absolute atomic E-state index is 13.3. The predicted octanol–water partition coefficient (Wildman–Crippen LogP) is 3.32. The number of likely N-dealkylation sites (tertiary alicyclic amines) is 2. The molecule has 0 saturated carbocycles. The summed E-state index contributed by atoms with van der Waals surface area (Å²) in [5.41, 5.74) is 2.23. The van der Waals surface area contributed by atoms with Crippen LogP contribution in [0, 0.1) is 5.92 Å². The van der Waals surface area contributed by atoms with Crippen molar-refractivity contribution >= 4 is 5.91 Å². The molecule has 4 rings (SSSR count). The number of piperidine rings is 2. The Balaban J connectivity index is 1.42. The Hall–Kier alpha value is -1.39. The number of rotatable bonds is 5. The predicted molar refractivity (Wildman–Crippen MR) is 110 cm³/mol.